The van der Waals surface area contributed by atoms with Crippen LogP contribution < -0.4 is 4.74 Å². The lowest BCUT2D eigenvalue weighted by Gasteiger charge is -2.14. The number of hydrogen-bond donors (Lipinski definition) is 1. The SMILES string of the molecule is CC1CCC(COc2cnc3ccccc3c2C(=O)O)O1. The van der Waals surface area contributed by atoms with Crippen molar-refractivity contribution in [3.8, 4) is 5.75 Å². The van der Waals surface area contributed by atoms with Gasteiger partial charge in [0, 0.05) is 5.39 Å². The van der Waals surface area contributed by atoms with E-state index in [1.54, 1.807) is 18.2 Å². The molecular weight excluding hydrogens is 270 g/mol. The summed E-state index contributed by atoms with van der Waals surface area (Å²) in [6.45, 7) is 2.38. The second-order valence-electron chi connectivity index (χ2n) is 5.28. The Hall–Kier alpha value is -2.14. The largest absolute Gasteiger partial charge is 0.488 e. The van der Waals surface area contributed by atoms with Crippen LogP contribution in [-0.4, -0.2) is 34.9 Å². The third kappa shape index (κ3) is 2.83. The van der Waals surface area contributed by atoms with Crippen molar-refractivity contribution < 1.29 is 19.4 Å². The molecule has 1 N–H and O–H groups in total. The van der Waals surface area contributed by atoms with Gasteiger partial charge in [0.25, 0.3) is 0 Å². The zero-order chi connectivity index (χ0) is 14.8. The van der Waals surface area contributed by atoms with E-state index in [0.29, 0.717) is 23.3 Å². The fraction of sp³-hybridized carbons (Fsp3) is 0.375. The van der Waals surface area contributed by atoms with Crippen molar-refractivity contribution in [3.05, 3.63) is 36.0 Å². The van der Waals surface area contributed by atoms with Crippen molar-refractivity contribution in [2.45, 2.75) is 32.0 Å². The van der Waals surface area contributed by atoms with Gasteiger partial charge in [-0.2, -0.15) is 0 Å². The van der Waals surface area contributed by atoms with Crippen molar-refractivity contribution >= 4 is 16.9 Å². The van der Waals surface area contributed by atoms with Crippen LogP contribution in [0.15, 0.2) is 30.5 Å². The molecule has 0 bridgehead atoms. The van der Waals surface area contributed by atoms with Crippen LogP contribution in [0.2, 0.25) is 0 Å². The molecule has 0 spiro atoms. The monoisotopic (exact) mass is 287 g/mol. The maximum Gasteiger partial charge on any atom is 0.340 e. The predicted molar refractivity (Wildman–Crippen MR) is 77.8 cm³/mol. The Morgan fingerprint density at radius 3 is 2.95 bits per heavy atom. The predicted octanol–water partition coefficient (Wildman–Crippen LogP) is 2.88. The van der Waals surface area contributed by atoms with Gasteiger partial charge in [0.2, 0.25) is 0 Å². The number of pyridine rings is 1. The number of para-hydroxylation sites is 1. The molecule has 21 heavy (non-hydrogen) atoms. The first-order chi connectivity index (χ1) is 10.1. The standard InChI is InChI=1S/C16H17NO4/c1-10-6-7-11(21-10)9-20-14-8-17-13-5-3-2-4-12(13)15(14)16(18)19/h2-5,8,10-11H,6-7,9H2,1H3,(H,18,19). The van der Waals surface area contributed by atoms with Gasteiger partial charge in [-0.15, -0.1) is 0 Å². The highest BCUT2D eigenvalue weighted by Crippen LogP contribution is 2.27. The number of benzene rings is 1. The third-order valence-corrected chi connectivity index (χ3v) is 3.70. The summed E-state index contributed by atoms with van der Waals surface area (Å²) in [5.41, 5.74) is 0.805. The van der Waals surface area contributed by atoms with Gasteiger partial charge in [0.05, 0.1) is 23.9 Å². The Morgan fingerprint density at radius 2 is 2.24 bits per heavy atom. The molecule has 2 heterocycles. The molecule has 1 aliphatic rings. The summed E-state index contributed by atoms with van der Waals surface area (Å²) < 4.78 is 11.3. The van der Waals surface area contributed by atoms with E-state index in [0.717, 1.165) is 12.8 Å². The van der Waals surface area contributed by atoms with E-state index in [1.807, 2.05) is 13.0 Å². The average molecular weight is 287 g/mol. The van der Waals surface area contributed by atoms with E-state index in [4.69, 9.17) is 9.47 Å². The summed E-state index contributed by atoms with van der Waals surface area (Å²) >= 11 is 0. The Bertz CT molecular complexity index is 670. The molecule has 1 fully saturated rings. The summed E-state index contributed by atoms with van der Waals surface area (Å²) in [6.07, 6.45) is 3.69. The van der Waals surface area contributed by atoms with E-state index in [2.05, 4.69) is 4.98 Å². The minimum Gasteiger partial charge on any atom is -0.488 e. The van der Waals surface area contributed by atoms with E-state index >= 15 is 0 Å². The second kappa shape index (κ2) is 5.69. The van der Waals surface area contributed by atoms with Gasteiger partial charge in [-0.3, -0.25) is 4.98 Å². The first-order valence-corrected chi connectivity index (χ1v) is 7.04. The number of carboxylic acids is 1. The summed E-state index contributed by atoms with van der Waals surface area (Å²) in [7, 11) is 0. The van der Waals surface area contributed by atoms with Crippen LogP contribution in [0.25, 0.3) is 10.9 Å². The van der Waals surface area contributed by atoms with Gasteiger partial charge in [-0.05, 0) is 25.8 Å². The van der Waals surface area contributed by atoms with Crippen molar-refractivity contribution in [1.82, 2.24) is 4.98 Å². The van der Waals surface area contributed by atoms with Gasteiger partial charge in [-0.1, -0.05) is 18.2 Å². The fourth-order valence-corrected chi connectivity index (χ4v) is 2.64. The van der Waals surface area contributed by atoms with Crippen molar-refractivity contribution in [2.24, 2.45) is 0 Å². The minimum atomic E-state index is -1.01. The van der Waals surface area contributed by atoms with Gasteiger partial charge in [0.15, 0.2) is 5.75 Å². The number of carbonyl (C=O) groups is 1. The molecule has 0 amide bonds. The van der Waals surface area contributed by atoms with Crippen molar-refractivity contribution in [1.29, 1.82) is 0 Å². The van der Waals surface area contributed by atoms with E-state index in [1.165, 1.54) is 6.20 Å². The molecule has 1 aromatic carbocycles. The topological polar surface area (TPSA) is 68.7 Å². The number of carboxylic acid groups (broad SMARTS) is 1. The summed E-state index contributed by atoms with van der Waals surface area (Å²) in [5, 5.41) is 10.0. The summed E-state index contributed by atoms with van der Waals surface area (Å²) in [5.74, 6) is -0.714. The highest BCUT2D eigenvalue weighted by Gasteiger charge is 2.23. The van der Waals surface area contributed by atoms with Gasteiger partial charge in [-0.25, -0.2) is 4.79 Å². The van der Waals surface area contributed by atoms with Crippen LogP contribution in [0, 0.1) is 0 Å². The van der Waals surface area contributed by atoms with E-state index in [9.17, 15) is 9.90 Å². The smallest absolute Gasteiger partial charge is 0.340 e. The number of rotatable bonds is 4. The van der Waals surface area contributed by atoms with Crippen molar-refractivity contribution in [3.63, 3.8) is 0 Å². The summed E-state index contributed by atoms with van der Waals surface area (Å²) in [4.78, 5) is 15.8. The van der Waals surface area contributed by atoms with E-state index in [-0.39, 0.29) is 17.8 Å². The van der Waals surface area contributed by atoms with Gasteiger partial charge >= 0.3 is 5.97 Å². The first kappa shape index (κ1) is 13.8. The summed E-state index contributed by atoms with van der Waals surface area (Å²) in [6, 6.07) is 7.15. The Labute approximate surface area is 122 Å². The molecule has 5 heteroatoms. The molecule has 1 saturated heterocycles. The number of fused-ring (bicyclic) bond motifs is 1. The third-order valence-electron chi connectivity index (χ3n) is 3.70. The lowest BCUT2D eigenvalue weighted by atomic mass is 10.1. The number of ether oxygens (including phenoxy) is 2. The molecule has 110 valence electrons. The molecule has 1 aliphatic heterocycles. The Morgan fingerprint density at radius 1 is 1.43 bits per heavy atom. The van der Waals surface area contributed by atoms with Crippen molar-refractivity contribution in [2.75, 3.05) is 6.61 Å². The first-order valence-electron chi connectivity index (χ1n) is 7.04. The lowest BCUT2D eigenvalue weighted by molar-refractivity contribution is 0.0259. The van der Waals surface area contributed by atoms with Crippen LogP contribution in [-0.2, 0) is 4.74 Å². The molecule has 0 radical (unpaired) electrons. The number of hydrogen-bond acceptors (Lipinski definition) is 4. The highest BCUT2D eigenvalue weighted by molar-refractivity contribution is 6.04. The van der Waals surface area contributed by atoms with Crippen LogP contribution in [0.5, 0.6) is 5.75 Å². The lowest BCUT2D eigenvalue weighted by Crippen LogP contribution is -2.19. The molecule has 0 aliphatic carbocycles. The number of aromatic nitrogens is 1. The molecule has 3 rings (SSSR count). The van der Waals surface area contributed by atoms with E-state index < -0.39 is 5.97 Å². The fourth-order valence-electron chi connectivity index (χ4n) is 2.64. The average Bonchev–Trinajstić information content (AvgIpc) is 2.89. The van der Waals surface area contributed by atoms with Crippen LogP contribution >= 0.6 is 0 Å². The normalized spacial score (nSPS) is 21.6. The number of aromatic carboxylic acids is 1. The molecule has 0 saturated carbocycles. The highest BCUT2D eigenvalue weighted by atomic mass is 16.5. The minimum absolute atomic E-state index is 0.0214. The van der Waals surface area contributed by atoms with Gasteiger partial charge in [0.1, 0.15) is 12.2 Å². The van der Waals surface area contributed by atoms with Crippen LogP contribution in [0.1, 0.15) is 30.1 Å². The zero-order valence-electron chi connectivity index (χ0n) is 11.8. The Kier molecular flexibility index (Phi) is 3.75. The molecular formula is C16H17NO4. The van der Waals surface area contributed by atoms with Crippen LogP contribution in [0.4, 0.5) is 0 Å². The van der Waals surface area contributed by atoms with Crippen LogP contribution in [0.3, 0.4) is 0 Å². The quantitative estimate of drug-likeness (QED) is 0.936. The second-order valence-corrected chi connectivity index (χ2v) is 5.28. The number of nitrogens with zero attached hydrogens (tertiary/aromatic N) is 1. The molecule has 2 aromatic rings. The maximum absolute atomic E-state index is 11.5. The molecule has 2 atom stereocenters. The molecule has 1 aromatic heterocycles. The Balaban J connectivity index is 1.87. The molecule has 5 nitrogen and oxygen atoms in total. The maximum atomic E-state index is 11.5. The molecule has 2 unspecified atom stereocenters. The zero-order valence-corrected chi connectivity index (χ0v) is 11.8. The van der Waals surface area contributed by atoms with Gasteiger partial charge < -0.3 is 14.6 Å².